The van der Waals surface area contributed by atoms with E-state index in [1.54, 1.807) is 0 Å². The number of ether oxygens (including phenoxy) is 1. The first kappa shape index (κ1) is 11.1. The Balaban J connectivity index is 1.69. The lowest BCUT2D eigenvalue weighted by Crippen LogP contribution is -2.32. The Morgan fingerprint density at radius 1 is 1.24 bits per heavy atom. The predicted octanol–water partition coefficient (Wildman–Crippen LogP) is 3.07. The zero-order valence-corrected chi connectivity index (χ0v) is 10.3. The van der Waals surface area contributed by atoms with Crippen LogP contribution in [0.4, 0.5) is 0 Å². The summed E-state index contributed by atoms with van der Waals surface area (Å²) in [7, 11) is 0. The van der Waals surface area contributed by atoms with Gasteiger partial charge in [-0.3, -0.25) is 0 Å². The topological polar surface area (TPSA) is 35.2 Å². The fourth-order valence-corrected chi connectivity index (χ4v) is 2.85. The highest BCUT2D eigenvalue weighted by molar-refractivity contribution is 5.38. The van der Waals surface area contributed by atoms with Crippen molar-refractivity contribution in [1.82, 2.24) is 0 Å². The van der Waals surface area contributed by atoms with Crippen LogP contribution >= 0.6 is 0 Å². The van der Waals surface area contributed by atoms with E-state index < -0.39 is 0 Å². The summed E-state index contributed by atoms with van der Waals surface area (Å²) >= 11 is 0. The van der Waals surface area contributed by atoms with E-state index in [-0.39, 0.29) is 0 Å². The molecular formula is C15H21NO. The maximum absolute atomic E-state index is 6.38. The number of fused-ring (bicyclic) bond motifs is 1. The first-order valence-electron chi connectivity index (χ1n) is 6.82. The van der Waals surface area contributed by atoms with Gasteiger partial charge >= 0.3 is 0 Å². The molecule has 1 aromatic carbocycles. The lowest BCUT2D eigenvalue weighted by Gasteiger charge is -2.30. The summed E-state index contributed by atoms with van der Waals surface area (Å²) < 4.78 is 5.69. The van der Waals surface area contributed by atoms with Crippen molar-refractivity contribution < 1.29 is 4.74 Å². The third-order valence-corrected chi connectivity index (χ3v) is 4.13. The lowest BCUT2D eigenvalue weighted by atomic mass is 9.84. The fraction of sp³-hybridized carbons (Fsp3) is 0.600. The third-order valence-electron chi connectivity index (χ3n) is 4.13. The molecule has 92 valence electrons. The number of hydrogen-bond acceptors (Lipinski definition) is 2. The highest BCUT2D eigenvalue weighted by Crippen LogP contribution is 2.38. The molecule has 1 saturated carbocycles. The van der Waals surface area contributed by atoms with Crippen LogP contribution in [-0.2, 0) is 0 Å². The largest absolute Gasteiger partial charge is 0.493 e. The minimum Gasteiger partial charge on any atom is -0.493 e. The van der Waals surface area contributed by atoms with E-state index in [0.29, 0.717) is 12.0 Å². The van der Waals surface area contributed by atoms with Crippen LogP contribution in [0.1, 0.15) is 43.6 Å². The molecule has 2 N–H and O–H groups in total. The molecule has 1 heterocycles. The van der Waals surface area contributed by atoms with Gasteiger partial charge in [0.05, 0.1) is 6.61 Å². The average molecular weight is 231 g/mol. The van der Waals surface area contributed by atoms with Crippen molar-refractivity contribution in [2.24, 2.45) is 11.7 Å². The standard InChI is InChI=1S/C15H21NO/c16-14(8-7-11-5-6-11)12-9-10-17-15-4-2-1-3-13(12)15/h1-4,11-12,14H,5-10,16H2. The van der Waals surface area contributed by atoms with E-state index in [0.717, 1.165) is 24.7 Å². The molecule has 0 radical (unpaired) electrons. The number of para-hydroxylation sites is 1. The summed E-state index contributed by atoms with van der Waals surface area (Å²) in [5.41, 5.74) is 7.71. The van der Waals surface area contributed by atoms with Crippen LogP contribution in [0.15, 0.2) is 24.3 Å². The maximum Gasteiger partial charge on any atom is 0.122 e. The van der Waals surface area contributed by atoms with Crippen molar-refractivity contribution in [2.75, 3.05) is 6.61 Å². The molecule has 17 heavy (non-hydrogen) atoms. The summed E-state index contributed by atoms with van der Waals surface area (Å²) in [4.78, 5) is 0. The van der Waals surface area contributed by atoms with Crippen molar-refractivity contribution >= 4 is 0 Å². The van der Waals surface area contributed by atoms with E-state index in [2.05, 4.69) is 18.2 Å². The zero-order chi connectivity index (χ0) is 11.7. The summed E-state index contributed by atoms with van der Waals surface area (Å²) in [5.74, 6) is 2.53. The Morgan fingerprint density at radius 3 is 2.88 bits per heavy atom. The molecule has 1 aliphatic heterocycles. The SMILES string of the molecule is NC(CCC1CC1)C1CCOc2ccccc21. The van der Waals surface area contributed by atoms with Gasteiger partial charge in [-0.15, -0.1) is 0 Å². The van der Waals surface area contributed by atoms with E-state index in [4.69, 9.17) is 10.5 Å². The van der Waals surface area contributed by atoms with Gasteiger partial charge in [0.15, 0.2) is 0 Å². The number of hydrogen-bond donors (Lipinski definition) is 1. The molecule has 3 rings (SSSR count). The van der Waals surface area contributed by atoms with Crippen LogP contribution < -0.4 is 10.5 Å². The fourth-order valence-electron chi connectivity index (χ4n) is 2.85. The van der Waals surface area contributed by atoms with E-state index in [1.165, 1.54) is 31.2 Å². The molecule has 0 aromatic heterocycles. The lowest BCUT2D eigenvalue weighted by molar-refractivity contribution is 0.251. The van der Waals surface area contributed by atoms with Gasteiger partial charge in [-0.2, -0.15) is 0 Å². The van der Waals surface area contributed by atoms with Gasteiger partial charge in [-0.1, -0.05) is 31.0 Å². The molecule has 2 aliphatic rings. The second-order valence-corrected chi connectivity index (χ2v) is 5.47. The first-order chi connectivity index (χ1) is 8.34. The highest BCUT2D eigenvalue weighted by Gasteiger charge is 2.28. The summed E-state index contributed by atoms with van der Waals surface area (Å²) in [6.45, 7) is 0.818. The van der Waals surface area contributed by atoms with E-state index >= 15 is 0 Å². The minimum absolute atomic E-state index is 0.306. The van der Waals surface area contributed by atoms with Crippen molar-refractivity contribution in [3.8, 4) is 5.75 Å². The smallest absolute Gasteiger partial charge is 0.122 e. The molecule has 2 unspecified atom stereocenters. The molecule has 1 aliphatic carbocycles. The van der Waals surface area contributed by atoms with Crippen molar-refractivity contribution in [1.29, 1.82) is 0 Å². The van der Waals surface area contributed by atoms with Crippen molar-refractivity contribution in [3.05, 3.63) is 29.8 Å². The molecule has 0 saturated heterocycles. The molecule has 2 nitrogen and oxygen atoms in total. The van der Waals surface area contributed by atoms with Gasteiger partial charge < -0.3 is 10.5 Å². The number of benzene rings is 1. The molecule has 2 atom stereocenters. The molecule has 0 bridgehead atoms. The van der Waals surface area contributed by atoms with Crippen LogP contribution in [0.25, 0.3) is 0 Å². The Morgan fingerprint density at radius 2 is 2.06 bits per heavy atom. The Labute approximate surface area is 103 Å². The van der Waals surface area contributed by atoms with Gasteiger partial charge in [0.1, 0.15) is 5.75 Å². The molecule has 2 heteroatoms. The van der Waals surface area contributed by atoms with Gasteiger partial charge in [-0.05, 0) is 36.8 Å². The summed E-state index contributed by atoms with van der Waals surface area (Å²) in [6, 6.07) is 8.68. The third kappa shape index (κ3) is 2.47. The van der Waals surface area contributed by atoms with Gasteiger partial charge in [0, 0.05) is 12.0 Å². The molecule has 0 spiro atoms. The minimum atomic E-state index is 0.306. The van der Waals surface area contributed by atoms with Gasteiger partial charge in [0.2, 0.25) is 0 Å². The predicted molar refractivity (Wildman–Crippen MR) is 69.2 cm³/mol. The van der Waals surface area contributed by atoms with Crippen LogP contribution in [0.2, 0.25) is 0 Å². The quantitative estimate of drug-likeness (QED) is 0.864. The van der Waals surface area contributed by atoms with E-state index in [9.17, 15) is 0 Å². The highest BCUT2D eigenvalue weighted by atomic mass is 16.5. The van der Waals surface area contributed by atoms with Crippen LogP contribution in [0.3, 0.4) is 0 Å². The van der Waals surface area contributed by atoms with Crippen LogP contribution in [0, 0.1) is 5.92 Å². The number of rotatable bonds is 4. The maximum atomic E-state index is 6.38. The van der Waals surface area contributed by atoms with Crippen molar-refractivity contribution in [3.63, 3.8) is 0 Å². The second-order valence-electron chi connectivity index (χ2n) is 5.47. The molecule has 1 fully saturated rings. The Bertz CT molecular complexity index is 386. The molecular weight excluding hydrogens is 210 g/mol. The summed E-state index contributed by atoms with van der Waals surface area (Å²) in [5, 5.41) is 0. The van der Waals surface area contributed by atoms with Crippen LogP contribution in [0.5, 0.6) is 5.75 Å². The number of nitrogens with two attached hydrogens (primary N) is 1. The van der Waals surface area contributed by atoms with Gasteiger partial charge in [0.25, 0.3) is 0 Å². The molecule has 0 amide bonds. The normalized spacial score (nSPS) is 24.9. The second kappa shape index (κ2) is 4.69. The zero-order valence-electron chi connectivity index (χ0n) is 10.3. The summed E-state index contributed by atoms with van der Waals surface area (Å²) in [6.07, 6.45) is 6.42. The Hall–Kier alpha value is -1.02. The van der Waals surface area contributed by atoms with Crippen LogP contribution in [-0.4, -0.2) is 12.6 Å². The van der Waals surface area contributed by atoms with E-state index in [1.807, 2.05) is 6.07 Å². The Kier molecular flexibility index (Phi) is 3.06. The van der Waals surface area contributed by atoms with Gasteiger partial charge in [-0.25, -0.2) is 0 Å². The molecule has 1 aromatic rings. The monoisotopic (exact) mass is 231 g/mol. The van der Waals surface area contributed by atoms with Crippen molar-refractivity contribution in [2.45, 2.75) is 44.1 Å². The first-order valence-corrected chi connectivity index (χ1v) is 6.82. The average Bonchev–Trinajstić information content (AvgIpc) is 3.19.